The highest BCUT2D eigenvalue weighted by Crippen LogP contribution is 2.06. The number of nitrogens with one attached hydrogen (secondary N) is 3. The third kappa shape index (κ3) is 10.9. The minimum atomic E-state index is -1.50. The van der Waals surface area contributed by atoms with Crippen molar-refractivity contribution in [2.24, 2.45) is 11.5 Å². The van der Waals surface area contributed by atoms with Gasteiger partial charge in [0.1, 0.15) is 18.1 Å². The van der Waals surface area contributed by atoms with E-state index < -0.39 is 72.6 Å². The molecule has 0 heterocycles. The second-order valence-corrected chi connectivity index (χ2v) is 7.97. The van der Waals surface area contributed by atoms with E-state index in [1.165, 1.54) is 0 Å². The average Bonchev–Trinajstić information content (AvgIpc) is 2.79. The zero-order valence-corrected chi connectivity index (χ0v) is 19.6. The molecule has 4 unspecified atom stereocenters. The zero-order chi connectivity index (χ0) is 26.5. The van der Waals surface area contributed by atoms with E-state index in [1.54, 1.807) is 30.3 Å². The number of amides is 4. The van der Waals surface area contributed by atoms with Crippen molar-refractivity contribution in [1.82, 2.24) is 16.0 Å². The van der Waals surface area contributed by atoms with Crippen molar-refractivity contribution < 1.29 is 39.0 Å². The zero-order valence-electron chi connectivity index (χ0n) is 18.7. The average molecular weight is 512 g/mol. The quantitative estimate of drug-likeness (QED) is 0.119. The number of primary amides is 1. The molecule has 0 saturated heterocycles. The van der Waals surface area contributed by atoms with Crippen LogP contribution in [0.3, 0.4) is 0 Å². The van der Waals surface area contributed by atoms with Gasteiger partial charge in [-0.2, -0.15) is 12.6 Å². The highest BCUT2D eigenvalue weighted by Gasteiger charge is 2.30. The molecular formula is C21H29N5O8S. The predicted molar refractivity (Wildman–Crippen MR) is 126 cm³/mol. The van der Waals surface area contributed by atoms with Crippen LogP contribution >= 0.6 is 12.6 Å². The first-order valence-electron chi connectivity index (χ1n) is 10.5. The van der Waals surface area contributed by atoms with Gasteiger partial charge in [-0.05, 0) is 12.0 Å². The maximum absolute atomic E-state index is 13.0. The maximum atomic E-state index is 13.0. The van der Waals surface area contributed by atoms with Gasteiger partial charge in [-0.3, -0.25) is 24.0 Å². The predicted octanol–water partition coefficient (Wildman–Crippen LogP) is -2.23. The normalized spacial score (nSPS) is 14.0. The number of thiol groups is 1. The summed E-state index contributed by atoms with van der Waals surface area (Å²) in [6.45, 7) is 0. The van der Waals surface area contributed by atoms with Gasteiger partial charge < -0.3 is 37.6 Å². The Balaban J connectivity index is 2.97. The minimum Gasteiger partial charge on any atom is -0.481 e. The molecule has 0 radical (unpaired) electrons. The topological polar surface area (TPSA) is 231 Å². The number of carbonyl (C=O) groups is 6. The lowest BCUT2D eigenvalue weighted by atomic mass is 10.0. The number of carbonyl (C=O) groups excluding carboxylic acids is 4. The highest BCUT2D eigenvalue weighted by molar-refractivity contribution is 7.80. The number of hydrogen-bond acceptors (Lipinski definition) is 8. The Bertz CT molecular complexity index is 930. The van der Waals surface area contributed by atoms with Crippen LogP contribution in [0.2, 0.25) is 0 Å². The summed E-state index contributed by atoms with van der Waals surface area (Å²) in [4.78, 5) is 71.0. The number of rotatable bonds is 15. The van der Waals surface area contributed by atoms with Crippen LogP contribution in [-0.2, 0) is 35.2 Å². The molecule has 0 bridgehead atoms. The Morgan fingerprint density at radius 2 is 1.40 bits per heavy atom. The molecule has 1 rings (SSSR count). The minimum absolute atomic E-state index is 0.0129. The molecule has 1 aromatic rings. The van der Waals surface area contributed by atoms with Crippen LogP contribution in [-0.4, -0.2) is 75.7 Å². The van der Waals surface area contributed by atoms with E-state index in [0.717, 1.165) is 0 Å². The Kier molecular flexibility index (Phi) is 12.2. The summed E-state index contributed by atoms with van der Waals surface area (Å²) >= 11 is 4.02. The van der Waals surface area contributed by atoms with E-state index in [9.17, 15) is 33.9 Å². The second-order valence-electron chi connectivity index (χ2n) is 7.60. The third-order valence-corrected chi connectivity index (χ3v) is 5.12. The molecule has 14 heteroatoms. The molecule has 0 aliphatic rings. The molecule has 0 aliphatic heterocycles. The summed E-state index contributed by atoms with van der Waals surface area (Å²) in [5, 5.41) is 25.0. The maximum Gasteiger partial charge on any atom is 0.326 e. The first-order valence-corrected chi connectivity index (χ1v) is 11.1. The SMILES string of the molecule is NC(=O)CC(N)C(=O)NC(Cc1ccccc1)C(=O)NC(CS)C(=O)NC(CCC(=O)O)C(=O)O. The summed E-state index contributed by atoms with van der Waals surface area (Å²) < 4.78 is 0. The van der Waals surface area contributed by atoms with Crippen LogP contribution < -0.4 is 27.4 Å². The van der Waals surface area contributed by atoms with Crippen molar-refractivity contribution in [2.45, 2.75) is 49.9 Å². The van der Waals surface area contributed by atoms with Crippen LogP contribution in [0.1, 0.15) is 24.8 Å². The molecule has 0 aliphatic carbocycles. The van der Waals surface area contributed by atoms with Crippen molar-refractivity contribution in [1.29, 1.82) is 0 Å². The number of nitrogens with two attached hydrogens (primary N) is 2. The van der Waals surface area contributed by atoms with Gasteiger partial charge in [-0.1, -0.05) is 30.3 Å². The van der Waals surface area contributed by atoms with Gasteiger partial charge in [0, 0.05) is 18.6 Å². The number of carboxylic acids is 2. The van der Waals surface area contributed by atoms with Crippen LogP contribution in [0.4, 0.5) is 0 Å². The Labute approximate surface area is 206 Å². The van der Waals surface area contributed by atoms with E-state index in [2.05, 4.69) is 28.6 Å². The third-order valence-electron chi connectivity index (χ3n) is 4.75. The lowest BCUT2D eigenvalue weighted by Gasteiger charge is -2.24. The first-order chi connectivity index (χ1) is 16.4. The lowest BCUT2D eigenvalue weighted by molar-refractivity contribution is -0.143. The molecule has 1 aromatic carbocycles. The Morgan fingerprint density at radius 1 is 0.857 bits per heavy atom. The van der Waals surface area contributed by atoms with Gasteiger partial charge in [-0.25, -0.2) is 4.79 Å². The number of carboxylic acid groups (broad SMARTS) is 2. The Morgan fingerprint density at radius 3 is 1.91 bits per heavy atom. The molecule has 13 nitrogen and oxygen atoms in total. The molecule has 9 N–H and O–H groups in total. The second kappa shape index (κ2) is 14.6. The van der Waals surface area contributed by atoms with Gasteiger partial charge >= 0.3 is 11.9 Å². The highest BCUT2D eigenvalue weighted by atomic mass is 32.1. The lowest BCUT2D eigenvalue weighted by Crippen LogP contribution is -2.58. The fraction of sp³-hybridized carbons (Fsp3) is 0.429. The molecule has 0 spiro atoms. The number of aliphatic carboxylic acids is 2. The van der Waals surface area contributed by atoms with E-state index >= 15 is 0 Å². The summed E-state index contributed by atoms with van der Waals surface area (Å²) in [6, 6.07) is 3.31. The summed E-state index contributed by atoms with van der Waals surface area (Å²) in [7, 11) is 0. The molecule has 192 valence electrons. The smallest absolute Gasteiger partial charge is 0.326 e. The van der Waals surface area contributed by atoms with Gasteiger partial charge in [0.2, 0.25) is 23.6 Å². The van der Waals surface area contributed by atoms with E-state index in [-0.39, 0.29) is 18.6 Å². The standard InChI is InChI=1S/C21H29N5O8S/c22-12(9-16(23)27)18(30)25-14(8-11-4-2-1-3-5-11)19(31)26-15(10-35)20(32)24-13(21(33)34)6-7-17(28)29/h1-5,12-15,35H,6-10,22H2,(H2,23,27)(H,24,32)(H,25,30)(H,26,31)(H,28,29)(H,33,34). The number of benzene rings is 1. The fourth-order valence-corrected chi connectivity index (χ4v) is 3.17. The van der Waals surface area contributed by atoms with Crippen LogP contribution in [0.25, 0.3) is 0 Å². The van der Waals surface area contributed by atoms with Crippen molar-refractivity contribution in [3.63, 3.8) is 0 Å². The largest absolute Gasteiger partial charge is 0.481 e. The van der Waals surface area contributed by atoms with Crippen LogP contribution in [0.15, 0.2) is 30.3 Å². The van der Waals surface area contributed by atoms with Gasteiger partial charge in [0.25, 0.3) is 0 Å². The molecule has 35 heavy (non-hydrogen) atoms. The fourth-order valence-electron chi connectivity index (χ4n) is 2.91. The monoisotopic (exact) mass is 511 g/mol. The molecule has 0 saturated carbocycles. The Hall–Kier alpha value is -3.65. The summed E-state index contributed by atoms with van der Waals surface area (Å²) in [5.41, 5.74) is 11.4. The van der Waals surface area contributed by atoms with Gasteiger partial charge in [-0.15, -0.1) is 0 Å². The van der Waals surface area contributed by atoms with Crippen molar-refractivity contribution in [2.75, 3.05) is 5.75 Å². The van der Waals surface area contributed by atoms with Crippen LogP contribution in [0.5, 0.6) is 0 Å². The van der Waals surface area contributed by atoms with Crippen molar-refractivity contribution >= 4 is 48.2 Å². The van der Waals surface area contributed by atoms with Crippen molar-refractivity contribution in [3.05, 3.63) is 35.9 Å². The van der Waals surface area contributed by atoms with Crippen LogP contribution in [0, 0.1) is 0 Å². The van der Waals surface area contributed by atoms with Gasteiger partial charge in [0.05, 0.1) is 12.5 Å². The van der Waals surface area contributed by atoms with E-state index in [1.807, 2.05) is 0 Å². The van der Waals surface area contributed by atoms with Crippen molar-refractivity contribution in [3.8, 4) is 0 Å². The van der Waals surface area contributed by atoms with Gasteiger partial charge in [0.15, 0.2) is 0 Å². The molecule has 0 fully saturated rings. The molecular weight excluding hydrogens is 482 g/mol. The first kappa shape index (κ1) is 29.4. The summed E-state index contributed by atoms with van der Waals surface area (Å²) in [5.74, 6) is -6.22. The number of hydrogen-bond donors (Lipinski definition) is 8. The van der Waals surface area contributed by atoms with E-state index in [0.29, 0.717) is 5.56 Å². The molecule has 0 aromatic heterocycles. The molecule has 4 amide bonds. The molecule has 4 atom stereocenters. The summed E-state index contributed by atoms with van der Waals surface area (Å²) in [6.07, 6.45) is -1.29. The van der Waals surface area contributed by atoms with E-state index in [4.69, 9.17) is 16.6 Å².